The summed E-state index contributed by atoms with van der Waals surface area (Å²) in [6.45, 7) is 2.23. The molecule has 0 radical (unpaired) electrons. The Morgan fingerprint density at radius 1 is 1.35 bits per heavy atom. The fourth-order valence-electron chi connectivity index (χ4n) is 2.12. The maximum atomic E-state index is 6.51. The minimum atomic E-state index is 0.0159. The van der Waals surface area contributed by atoms with Crippen LogP contribution in [0.5, 0.6) is 11.5 Å². The highest BCUT2D eigenvalue weighted by Gasteiger charge is 2.40. The van der Waals surface area contributed by atoms with Crippen molar-refractivity contribution >= 4 is 27.5 Å². The predicted molar refractivity (Wildman–Crippen MR) is 73.1 cm³/mol. The first kappa shape index (κ1) is 13.0. The Morgan fingerprint density at radius 2 is 2.00 bits per heavy atom. The SMILES string of the molecule is COc1ccc(C(Cl)C2CC2C)c(OC)c1Br. The first-order valence-corrected chi connectivity index (χ1v) is 6.87. The Balaban J connectivity index is 2.36. The van der Waals surface area contributed by atoms with Crippen LogP contribution < -0.4 is 9.47 Å². The lowest BCUT2D eigenvalue weighted by Gasteiger charge is -2.17. The number of hydrogen-bond donors (Lipinski definition) is 0. The van der Waals surface area contributed by atoms with Crippen molar-refractivity contribution in [3.63, 3.8) is 0 Å². The second-order valence-electron chi connectivity index (χ2n) is 4.48. The number of hydrogen-bond acceptors (Lipinski definition) is 2. The molecule has 0 bridgehead atoms. The summed E-state index contributed by atoms with van der Waals surface area (Å²) in [6.07, 6.45) is 1.20. The zero-order chi connectivity index (χ0) is 12.6. The first-order chi connectivity index (χ1) is 8.10. The second-order valence-corrected chi connectivity index (χ2v) is 5.75. The molecule has 0 heterocycles. The van der Waals surface area contributed by atoms with Gasteiger partial charge in [-0.1, -0.05) is 13.0 Å². The van der Waals surface area contributed by atoms with Gasteiger partial charge in [0.25, 0.3) is 0 Å². The topological polar surface area (TPSA) is 18.5 Å². The maximum Gasteiger partial charge on any atom is 0.141 e. The largest absolute Gasteiger partial charge is 0.495 e. The van der Waals surface area contributed by atoms with Gasteiger partial charge in [-0.15, -0.1) is 11.6 Å². The van der Waals surface area contributed by atoms with Gasteiger partial charge in [-0.3, -0.25) is 0 Å². The molecule has 2 nitrogen and oxygen atoms in total. The van der Waals surface area contributed by atoms with Crippen molar-refractivity contribution in [3.8, 4) is 11.5 Å². The van der Waals surface area contributed by atoms with Gasteiger partial charge in [0, 0.05) is 5.56 Å². The Bertz CT molecular complexity index is 422. The van der Waals surface area contributed by atoms with Crippen molar-refractivity contribution in [2.24, 2.45) is 11.8 Å². The molecule has 0 aliphatic heterocycles. The fourth-order valence-corrected chi connectivity index (χ4v) is 3.33. The summed E-state index contributed by atoms with van der Waals surface area (Å²) in [6, 6.07) is 3.91. The molecule has 3 atom stereocenters. The summed E-state index contributed by atoms with van der Waals surface area (Å²) in [5.41, 5.74) is 1.04. The molecular weight excluding hydrogens is 303 g/mol. The van der Waals surface area contributed by atoms with E-state index in [4.69, 9.17) is 21.1 Å². The van der Waals surface area contributed by atoms with E-state index in [1.165, 1.54) is 6.42 Å². The average Bonchev–Trinajstić information content (AvgIpc) is 3.05. The van der Waals surface area contributed by atoms with Gasteiger partial charge in [0.1, 0.15) is 16.0 Å². The van der Waals surface area contributed by atoms with Crippen molar-refractivity contribution in [3.05, 3.63) is 22.2 Å². The van der Waals surface area contributed by atoms with Crippen molar-refractivity contribution in [1.82, 2.24) is 0 Å². The molecule has 0 amide bonds. The smallest absolute Gasteiger partial charge is 0.141 e. The number of alkyl halides is 1. The quantitative estimate of drug-likeness (QED) is 0.766. The molecule has 1 aromatic rings. The van der Waals surface area contributed by atoms with E-state index in [0.29, 0.717) is 11.8 Å². The van der Waals surface area contributed by atoms with Crippen LogP contribution in [0.25, 0.3) is 0 Å². The normalized spacial score (nSPS) is 24.3. The monoisotopic (exact) mass is 318 g/mol. The van der Waals surface area contributed by atoms with Crippen LogP contribution in [0.3, 0.4) is 0 Å². The number of methoxy groups -OCH3 is 2. The van der Waals surface area contributed by atoms with Gasteiger partial charge in [-0.2, -0.15) is 0 Å². The molecule has 1 aliphatic rings. The minimum Gasteiger partial charge on any atom is -0.495 e. The van der Waals surface area contributed by atoms with E-state index < -0.39 is 0 Å². The highest BCUT2D eigenvalue weighted by Crippen LogP contribution is 2.53. The number of rotatable bonds is 4. The highest BCUT2D eigenvalue weighted by molar-refractivity contribution is 9.10. The van der Waals surface area contributed by atoms with Crippen LogP contribution >= 0.6 is 27.5 Å². The molecule has 0 aromatic heterocycles. The molecule has 3 unspecified atom stereocenters. The lowest BCUT2D eigenvalue weighted by atomic mass is 10.1. The van der Waals surface area contributed by atoms with E-state index in [1.54, 1.807) is 14.2 Å². The molecular formula is C13H16BrClO2. The van der Waals surface area contributed by atoms with Gasteiger partial charge < -0.3 is 9.47 Å². The van der Waals surface area contributed by atoms with Crippen LogP contribution in [0.15, 0.2) is 16.6 Å². The van der Waals surface area contributed by atoms with Crippen molar-refractivity contribution in [2.45, 2.75) is 18.7 Å². The molecule has 0 saturated heterocycles. The van der Waals surface area contributed by atoms with Crippen LogP contribution in [0.2, 0.25) is 0 Å². The molecule has 0 N–H and O–H groups in total. The van der Waals surface area contributed by atoms with E-state index in [2.05, 4.69) is 22.9 Å². The molecule has 1 aliphatic carbocycles. The summed E-state index contributed by atoms with van der Waals surface area (Å²) in [5.74, 6) is 2.82. The van der Waals surface area contributed by atoms with Gasteiger partial charge in [-0.05, 0) is 40.3 Å². The van der Waals surface area contributed by atoms with Gasteiger partial charge in [0.05, 0.1) is 19.6 Å². The van der Waals surface area contributed by atoms with Crippen LogP contribution in [-0.4, -0.2) is 14.2 Å². The summed E-state index contributed by atoms with van der Waals surface area (Å²) < 4.78 is 11.5. The minimum absolute atomic E-state index is 0.0159. The van der Waals surface area contributed by atoms with E-state index in [1.807, 2.05) is 12.1 Å². The third-order valence-corrected chi connectivity index (χ3v) is 4.67. The predicted octanol–water partition coefficient (Wildman–Crippen LogP) is 4.40. The average molecular weight is 320 g/mol. The maximum absolute atomic E-state index is 6.51. The summed E-state index contributed by atoms with van der Waals surface area (Å²) >= 11 is 10.0. The zero-order valence-corrected chi connectivity index (χ0v) is 12.5. The molecule has 2 rings (SSSR count). The Morgan fingerprint density at radius 3 is 2.47 bits per heavy atom. The van der Waals surface area contributed by atoms with Gasteiger partial charge in [-0.25, -0.2) is 0 Å². The van der Waals surface area contributed by atoms with E-state index in [-0.39, 0.29) is 5.38 Å². The van der Waals surface area contributed by atoms with Crippen LogP contribution in [0.4, 0.5) is 0 Å². The van der Waals surface area contributed by atoms with Crippen molar-refractivity contribution in [1.29, 1.82) is 0 Å². The Hall–Kier alpha value is -0.410. The highest BCUT2D eigenvalue weighted by atomic mass is 79.9. The number of halogens is 2. The molecule has 1 aromatic carbocycles. The van der Waals surface area contributed by atoms with Crippen LogP contribution in [0, 0.1) is 11.8 Å². The standard InChI is InChI=1S/C13H16BrClO2/c1-7-6-9(7)12(15)8-4-5-10(16-2)11(14)13(8)17-3/h4-5,7,9,12H,6H2,1-3H3. The molecule has 17 heavy (non-hydrogen) atoms. The van der Waals surface area contributed by atoms with Crippen LogP contribution in [0.1, 0.15) is 24.3 Å². The van der Waals surface area contributed by atoms with Crippen molar-refractivity contribution in [2.75, 3.05) is 14.2 Å². The van der Waals surface area contributed by atoms with Crippen molar-refractivity contribution < 1.29 is 9.47 Å². The van der Waals surface area contributed by atoms with Crippen LogP contribution in [-0.2, 0) is 0 Å². The number of benzene rings is 1. The van der Waals surface area contributed by atoms with E-state index in [0.717, 1.165) is 21.5 Å². The van der Waals surface area contributed by atoms with Gasteiger partial charge >= 0.3 is 0 Å². The molecule has 94 valence electrons. The third kappa shape index (κ3) is 2.41. The fraction of sp³-hybridized carbons (Fsp3) is 0.538. The summed E-state index contributed by atoms with van der Waals surface area (Å²) in [5, 5.41) is 0.0159. The number of ether oxygens (including phenoxy) is 2. The Labute approximate surface area is 115 Å². The zero-order valence-electron chi connectivity index (χ0n) is 10.2. The molecule has 1 saturated carbocycles. The molecule has 0 spiro atoms. The van der Waals surface area contributed by atoms with E-state index >= 15 is 0 Å². The third-order valence-electron chi connectivity index (χ3n) is 3.36. The molecule has 1 fully saturated rings. The Kier molecular flexibility index (Phi) is 3.88. The molecule has 4 heteroatoms. The summed E-state index contributed by atoms with van der Waals surface area (Å²) in [4.78, 5) is 0. The van der Waals surface area contributed by atoms with Gasteiger partial charge in [0.15, 0.2) is 0 Å². The second kappa shape index (κ2) is 5.07. The lowest BCUT2D eigenvalue weighted by molar-refractivity contribution is 0.385. The van der Waals surface area contributed by atoms with E-state index in [9.17, 15) is 0 Å². The lowest BCUT2D eigenvalue weighted by Crippen LogP contribution is -2.00. The summed E-state index contributed by atoms with van der Waals surface area (Å²) in [7, 11) is 3.29. The van der Waals surface area contributed by atoms with Gasteiger partial charge in [0.2, 0.25) is 0 Å². The first-order valence-electron chi connectivity index (χ1n) is 5.64.